The van der Waals surface area contributed by atoms with Gasteiger partial charge in [0.1, 0.15) is 0 Å². The molecule has 1 saturated heterocycles. The molecule has 2 rings (SSSR count). The van der Waals surface area contributed by atoms with Gasteiger partial charge in [-0.25, -0.2) is 0 Å². The summed E-state index contributed by atoms with van der Waals surface area (Å²) in [5.74, 6) is 0.240. The van der Waals surface area contributed by atoms with Crippen molar-refractivity contribution in [2.24, 2.45) is 0 Å². The van der Waals surface area contributed by atoms with Crippen molar-refractivity contribution < 1.29 is 4.79 Å². The third-order valence-electron chi connectivity index (χ3n) is 3.04. The number of carbonyl (C=O) groups excluding carboxylic acids is 1. The van der Waals surface area contributed by atoms with Crippen molar-refractivity contribution in [3.63, 3.8) is 0 Å². The van der Waals surface area contributed by atoms with Gasteiger partial charge in [0.05, 0.1) is 0 Å². The van der Waals surface area contributed by atoms with E-state index < -0.39 is 0 Å². The molecule has 92 valence electrons. The summed E-state index contributed by atoms with van der Waals surface area (Å²) in [5, 5.41) is 3.33. The molecule has 1 aromatic heterocycles. The molecule has 0 radical (unpaired) electrons. The Morgan fingerprint density at radius 1 is 1.59 bits per heavy atom. The number of aryl methyl sites for hydroxylation is 1. The number of hydrogen-bond donors (Lipinski definition) is 1. The molecule has 4 nitrogen and oxygen atoms in total. The Bertz CT molecular complexity index is 366. The van der Waals surface area contributed by atoms with Crippen molar-refractivity contribution in [1.29, 1.82) is 0 Å². The maximum Gasteiger partial charge on any atom is 0.223 e. The van der Waals surface area contributed by atoms with Gasteiger partial charge in [-0.1, -0.05) is 6.07 Å². The highest BCUT2D eigenvalue weighted by molar-refractivity contribution is 5.76. The molecule has 2 heterocycles. The van der Waals surface area contributed by atoms with Crippen molar-refractivity contribution in [2.75, 3.05) is 19.6 Å². The first-order valence-electron chi connectivity index (χ1n) is 6.17. The van der Waals surface area contributed by atoms with Crippen LogP contribution in [0.25, 0.3) is 0 Å². The number of aromatic nitrogens is 1. The van der Waals surface area contributed by atoms with E-state index in [1.54, 1.807) is 6.20 Å². The van der Waals surface area contributed by atoms with E-state index in [9.17, 15) is 4.79 Å². The van der Waals surface area contributed by atoms with Crippen LogP contribution in [0.2, 0.25) is 0 Å². The molecule has 1 fully saturated rings. The molecule has 4 heteroatoms. The van der Waals surface area contributed by atoms with E-state index >= 15 is 0 Å². The number of pyridine rings is 1. The van der Waals surface area contributed by atoms with Crippen LogP contribution < -0.4 is 5.32 Å². The second kappa shape index (κ2) is 5.77. The monoisotopic (exact) mass is 233 g/mol. The maximum atomic E-state index is 12.0. The van der Waals surface area contributed by atoms with E-state index in [1.165, 1.54) is 0 Å². The molecule has 0 saturated carbocycles. The van der Waals surface area contributed by atoms with Crippen LogP contribution in [0, 0.1) is 0 Å². The highest BCUT2D eigenvalue weighted by Gasteiger charge is 2.19. The van der Waals surface area contributed by atoms with Crippen LogP contribution in [-0.4, -0.2) is 41.5 Å². The van der Waals surface area contributed by atoms with Gasteiger partial charge in [-0.15, -0.1) is 0 Å². The average Bonchev–Trinajstić information content (AvgIpc) is 2.37. The predicted octanol–water partition coefficient (Wildman–Crippen LogP) is 0.834. The molecule has 1 atom stereocenters. The average molecular weight is 233 g/mol. The normalized spacial score (nSPS) is 20.3. The second-order valence-electron chi connectivity index (χ2n) is 4.52. The van der Waals surface area contributed by atoms with Crippen LogP contribution in [0.1, 0.15) is 19.0 Å². The van der Waals surface area contributed by atoms with Gasteiger partial charge in [-0.05, 0) is 25.5 Å². The van der Waals surface area contributed by atoms with Crippen molar-refractivity contribution in [1.82, 2.24) is 15.2 Å². The van der Waals surface area contributed by atoms with Gasteiger partial charge in [0.25, 0.3) is 0 Å². The fourth-order valence-corrected chi connectivity index (χ4v) is 2.10. The molecule has 0 spiro atoms. The van der Waals surface area contributed by atoms with Crippen LogP contribution in [0.3, 0.4) is 0 Å². The first kappa shape index (κ1) is 12.0. The Hall–Kier alpha value is -1.42. The van der Waals surface area contributed by atoms with Gasteiger partial charge in [0.2, 0.25) is 5.91 Å². The van der Waals surface area contributed by atoms with Crippen molar-refractivity contribution in [3.05, 3.63) is 30.1 Å². The molecule has 1 N–H and O–H groups in total. The van der Waals surface area contributed by atoms with E-state index in [0.717, 1.165) is 31.7 Å². The number of amides is 1. The molecular weight excluding hydrogens is 214 g/mol. The molecule has 1 aromatic rings. The third-order valence-corrected chi connectivity index (χ3v) is 3.04. The lowest BCUT2D eigenvalue weighted by molar-refractivity contribution is -0.132. The van der Waals surface area contributed by atoms with Crippen LogP contribution in [-0.2, 0) is 11.2 Å². The molecule has 1 unspecified atom stereocenters. The zero-order valence-electron chi connectivity index (χ0n) is 10.2. The minimum absolute atomic E-state index is 0.240. The summed E-state index contributed by atoms with van der Waals surface area (Å²) in [5.41, 5.74) is 0.990. The summed E-state index contributed by atoms with van der Waals surface area (Å²) in [6.07, 6.45) is 3.06. The molecule has 1 aliphatic rings. The van der Waals surface area contributed by atoms with E-state index in [4.69, 9.17) is 0 Å². The summed E-state index contributed by atoms with van der Waals surface area (Å²) in [6, 6.07) is 6.22. The van der Waals surface area contributed by atoms with Gasteiger partial charge in [0.15, 0.2) is 0 Å². The van der Waals surface area contributed by atoms with E-state index in [0.29, 0.717) is 12.5 Å². The van der Waals surface area contributed by atoms with Crippen molar-refractivity contribution >= 4 is 5.91 Å². The van der Waals surface area contributed by atoms with Crippen molar-refractivity contribution in [3.8, 4) is 0 Å². The number of hydrogen-bond acceptors (Lipinski definition) is 3. The molecular formula is C13H19N3O. The highest BCUT2D eigenvalue weighted by Crippen LogP contribution is 2.05. The van der Waals surface area contributed by atoms with Gasteiger partial charge >= 0.3 is 0 Å². The van der Waals surface area contributed by atoms with Crippen LogP contribution in [0.15, 0.2) is 24.4 Å². The van der Waals surface area contributed by atoms with Gasteiger partial charge in [-0.3, -0.25) is 9.78 Å². The minimum Gasteiger partial charge on any atom is -0.340 e. The molecule has 0 aliphatic carbocycles. The molecule has 1 amide bonds. The smallest absolute Gasteiger partial charge is 0.223 e. The van der Waals surface area contributed by atoms with Crippen molar-refractivity contribution in [2.45, 2.75) is 25.8 Å². The van der Waals surface area contributed by atoms with E-state index in [-0.39, 0.29) is 5.91 Å². The Morgan fingerprint density at radius 3 is 3.18 bits per heavy atom. The SMILES string of the molecule is CC1CN(C(=O)CCc2ccccn2)CCN1. The summed E-state index contributed by atoms with van der Waals surface area (Å²) >= 11 is 0. The molecule has 0 bridgehead atoms. The highest BCUT2D eigenvalue weighted by atomic mass is 16.2. The minimum atomic E-state index is 0.240. The van der Waals surface area contributed by atoms with Gasteiger partial charge in [-0.2, -0.15) is 0 Å². The Morgan fingerprint density at radius 2 is 2.47 bits per heavy atom. The zero-order valence-corrected chi connectivity index (χ0v) is 10.2. The fourth-order valence-electron chi connectivity index (χ4n) is 2.10. The fraction of sp³-hybridized carbons (Fsp3) is 0.538. The van der Waals surface area contributed by atoms with Gasteiger partial charge in [0, 0.05) is 44.0 Å². The van der Waals surface area contributed by atoms with Crippen LogP contribution >= 0.6 is 0 Å². The maximum absolute atomic E-state index is 12.0. The number of carbonyl (C=O) groups is 1. The topological polar surface area (TPSA) is 45.2 Å². The quantitative estimate of drug-likeness (QED) is 0.841. The first-order valence-corrected chi connectivity index (χ1v) is 6.17. The first-order chi connectivity index (χ1) is 8.25. The summed E-state index contributed by atoms with van der Waals surface area (Å²) in [6.45, 7) is 4.65. The predicted molar refractivity (Wildman–Crippen MR) is 66.6 cm³/mol. The summed E-state index contributed by atoms with van der Waals surface area (Å²) < 4.78 is 0. The second-order valence-corrected chi connectivity index (χ2v) is 4.52. The van der Waals surface area contributed by atoms with E-state index in [1.807, 2.05) is 23.1 Å². The number of nitrogens with zero attached hydrogens (tertiary/aromatic N) is 2. The van der Waals surface area contributed by atoms with E-state index in [2.05, 4.69) is 17.2 Å². The largest absolute Gasteiger partial charge is 0.340 e. The number of rotatable bonds is 3. The zero-order chi connectivity index (χ0) is 12.1. The number of piperazine rings is 1. The van der Waals surface area contributed by atoms with Crippen LogP contribution in [0.4, 0.5) is 0 Å². The van der Waals surface area contributed by atoms with Crippen LogP contribution in [0.5, 0.6) is 0 Å². The number of nitrogens with one attached hydrogen (secondary N) is 1. The lowest BCUT2D eigenvalue weighted by Crippen LogP contribution is -2.51. The lowest BCUT2D eigenvalue weighted by atomic mass is 10.1. The Labute approximate surface area is 102 Å². The standard InChI is InChI=1S/C13H19N3O/c1-11-10-16(9-8-14-11)13(17)6-5-12-4-2-3-7-15-12/h2-4,7,11,14H,5-6,8-10H2,1H3. The van der Waals surface area contributed by atoms with Gasteiger partial charge < -0.3 is 10.2 Å². The molecule has 1 aliphatic heterocycles. The Balaban J connectivity index is 1.81. The third kappa shape index (κ3) is 3.53. The summed E-state index contributed by atoms with van der Waals surface area (Å²) in [7, 11) is 0. The lowest BCUT2D eigenvalue weighted by Gasteiger charge is -2.32. The Kier molecular flexibility index (Phi) is 4.09. The summed E-state index contributed by atoms with van der Waals surface area (Å²) in [4.78, 5) is 18.2. The molecule has 0 aromatic carbocycles. The molecule has 17 heavy (non-hydrogen) atoms.